The lowest BCUT2D eigenvalue weighted by atomic mass is 10.1. The van der Waals surface area contributed by atoms with Gasteiger partial charge in [-0.1, -0.05) is 11.2 Å². The number of aryl methyl sites for hydroxylation is 1. The third-order valence-electron chi connectivity index (χ3n) is 2.49. The topological polar surface area (TPSA) is 103 Å². The Labute approximate surface area is 109 Å². The molecule has 2 rings (SSSR count). The Kier molecular flexibility index (Phi) is 3.65. The summed E-state index contributed by atoms with van der Waals surface area (Å²) in [7, 11) is 1.32. The Balaban J connectivity index is 2.21. The number of nitrogens with zero attached hydrogens (tertiary/aromatic N) is 2. The molecule has 2 aromatic rings. The minimum absolute atomic E-state index is 0.277. The fraction of sp³-hybridized carbons (Fsp3) is 0.250. The Hall–Kier alpha value is -2.57. The van der Waals surface area contributed by atoms with Crippen molar-refractivity contribution in [1.29, 1.82) is 0 Å². The van der Waals surface area contributed by atoms with Crippen LogP contribution in [-0.2, 0) is 11.3 Å². The van der Waals surface area contributed by atoms with Gasteiger partial charge in [0.2, 0.25) is 5.89 Å². The van der Waals surface area contributed by atoms with Crippen molar-refractivity contribution in [2.24, 2.45) is 0 Å². The number of anilines is 2. The molecule has 0 spiro atoms. The Morgan fingerprint density at radius 2 is 2.32 bits per heavy atom. The first-order valence-corrected chi connectivity index (χ1v) is 5.61. The average Bonchev–Trinajstić information content (AvgIpc) is 2.82. The van der Waals surface area contributed by atoms with Crippen LogP contribution in [-0.4, -0.2) is 23.2 Å². The number of para-hydroxylation sites is 1. The molecule has 0 aliphatic carbocycles. The number of esters is 1. The maximum absolute atomic E-state index is 11.6. The van der Waals surface area contributed by atoms with Gasteiger partial charge in [0.25, 0.3) is 0 Å². The molecule has 0 amide bonds. The van der Waals surface area contributed by atoms with Crippen molar-refractivity contribution in [3.05, 3.63) is 35.5 Å². The molecule has 0 bridgehead atoms. The monoisotopic (exact) mass is 262 g/mol. The fourth-order valence-electron chi connectivity index (χ4n) is 1.62. The van der Waals surface area contributed by atoms with Gasteiger partial charge in [0.15, 0.2) is 5.82 Å². The van der Waals surface area contributed by atoms with Gasteiger partial charge in [0.1, 0.15) is 0 Å². The lowest BCUT2D eigenvalue weighted by Gasteiger charge is -2.11. The van der Waals surface area contributed by atoms with E-state index in [2.05, 4.69) is 15.5 Å². The highest BCUT2D eigenvalue weighted by Gasteiger charge is 2.14. The quantitative estimate of drug-likeness (QED) is 0.633. The number of ether oxygens (including phenoxy) is 1. The number of benzene rings is 1. The summed E-state index contributed by atoms with van der Waals surface area (Å²) in [6.45, 7) is 2.00. The summed E-state index contributed by atoms with van der Waals surface area (Å²) in [5, 5.41) is 6.68. The summed E-state index contributed by atoms with van der Waals surface area (Å²) in [6.07, 6.45) is 0. The maximum atomic E-state index is 11.6. The molecule has 1 aromatic heterocycles. The molecule has 0 radical (unpaired) electrons. The SMILES string of the molecule is COC(=O)c1cccc(N)c1NCc1nc(C)no1. The molecule has 1 aromatic carbocycles. The van der Waals surface area contributed by atoms with E-state index in [1.165, 1.54) is 7.11 Å². The van der Waals surface area contributed by atoms with E-state index in [9.17, 15) is 4.79 Å². The van der Waals surface area contributed by atoms with Gasteiger partial charge in [-0.15, -0.1) is 0 Å². The summed E-state index contributed by atoms with van der Waals surface area (Å²) in [5.41, 5.74) is 7.14. The second kappa shape index (κ2) is 5.38. The third kappa shape index (κ3) is 2.82. The lowest BCUT2D eigenvalue weighted by Crippen LogP contribution is -2.10. The van der Waals surface area contributed by atoms with Gasteiger partial charge in [-0.3, -0.25) is 0 Å². The number of hydrogen-bond acceptors (Lipinski definition) is 7. The van der Waals surface area contributed by atoms with Gasteiger partial charge in [-0.25, -0.2) is 4.79 Å². The van der Waals surface area contributed by atoms with E-state index in [0.29, 0.717) is 28.7 Å². The molecule has 0 atom stereocenters. The van der Waals surface area contributed by atoms with Crippen LogP contribution in [0.5, 0.6) is 0 Å². The van der Waals surface area contributed by atoms with Crippen LogP contribution in [0.25, 0.3) is 0 Å². The summed E-state index contributed by atoms with van der Waals surface area (Å²) in [4.78, 5) is 15.7. The van der Waals surface area contributed by atoms with E-state index < -0.39 is 5.97 Å². The Morgan fingerprint density at radius 3 is 2.95 bits per heavy atom. The van der Waals surface area contributed by atoms with Crippen LogP contribution in [0.15, 0.2) is 22.7 Å². The molecule has 3 N–H and O–H groups in total. The van der Waals surface area contributed by atoms with Crippen molar-refractivity contribution >= 4 is 17.3 Å². The predicted molar refractivity (Wildman–Crippen MR) is 68.6 cm³/mol. The van der Waals surface area contributed by atoms with E-state index in [-0.39, 0.29) is 6.54 Å². The number of carbonyl (C=O) groups excluding carboxylic acids is 1. The van der Waals surface area contributed by atoms with Crippen LogP contribution in [0.4, 0.5) is 11.4 Å². The Morgan fingerprint density at radius 1 is 1.53 bits per heavy atom. The van der Waals surface area contributed by atoms with Gasteiger partial charge in [0.05, 0.1) is 30.6 Å². The van der Waals surface area contributed by atoms with Crippen molar-refractivity contribution in [2.45, 2.75) is 13.5 Å². The predicted octanol–water partition coefficient (Wildman–Crippen LogP) is 1.36. The van der Waals surface area contributed by atoms with E-state index in [4.69, 9.17) is 15.0 Å². The summed E-state index contributed by atoms with van der Waals surface area (Å²) in [5.74, 6) is 0.499. The highest BCUT2D eigenvalue weighted by atomic mass is 16.5. The molecule has 0 aliphatic rings. The second-order valence-electron chi connectivity index (χ2n) is 3.85. The van der Waals surface area contributed by atoms with E-state index in [1.54, 1.807) is 25.1 Å². The largest absolute Gasteiger partial charge is 0.465 e. The molecular formula is C12H14N4O3. The zero-order valence-electron chi connectivity index (χ0n) is 10.6. The zero-order chi connectivity index (χ0) is 13.8. The van der Waals surface area contributed by atoms with Gasteiger partial charge < -0.3 is 20.3 Å². The molecule has 0 saturated carbocycles. The number of rotatable bonds is 4. The highest BCUT2D eigenvalue weighted by Crippen LogP contribution is 2.24. The Bertz CT molecular complexity index is 594. The number of hydrogen-bond donors (Lipinski definition) is 2. The van der Waals surface area contributed by atoms with Crippen molar-refractivity contribution in [1.82, 2.24) is 10.1 Å². The van der Waals surface area contributed by atoms with Gasteiger partial charge in [-0.2, -0.15) is 4.98 Å². The minimum Gasteiger partial charge on any atom is -0.465 e. The maximum Gasteiger partial charge on any atom is 0.340 e. The van der Waals surface area contributed by atoms with Crippen LogP contribution < -0.4 is 11.1 Å². The van der Waals surface area contributed by atoms with Gasteiger partial charge in [0, 0.05) is 0 Å². The normalized spacial score (nSPS) is 10.2. The number of aromatic nitrogens is 2. The molecule has 1 heterocycles. The minimum atomic E-state index is -0.462. The number of nitrogens with one attached hydrogen (secondary N) is 1. The zero-order valence-corrected chi connectivity index (χ0v) is 10.6. The molecule has 0 saturated heterocycles. The standard InChI is InChI=1S/C12H14N4O3/c1-7-15-10(19-16-7)6-14-11-8(12(17)18-2)4-3-5-9(11)13/h3-5,14H,6,13H2,1-2H3. The van der Waals surface area contributed by atoms with Crippen molar-refractivity contribution in [3.8, 4) is 0 Å². The molecule has 7 heteroatoms. The average molecular weight is 262 g/mol. The first-order chi connectivity index (χ1) is 9.11. The van der Waals surface area contributed by atoms with Crippen LogP contribution in [0.2, 0.25) is 0 Å². The van der Waals surface area contributed by atoms with Crippen LogP contribution in [0, 0.1) is 6.92 Å². The highest BCUT2D eigenvalue weighted by molar-refractivity contribution is 5.98. The first-order valence-electron chi connectivity index (χ1n) is 5.61. The van der Waals surface area contributed by atoms with Crippen molar-refractivity contribution < 1.29 is 14.1 Å². The number of nitrogens with two attached hydrogens (primary N) is 1. The van der Waals surface area contributed by atoms with Crippen LogP contribution in [0.3, 0.4) is 0 Å². The summed E-state index contributed by atoms with van der Waals surface area (Å²) in [6, 6.07) is 5.00. The molecular weight excluding hydrogens is 248 g/mol. The number of methoxy groups -OCH3 is 1. The molecule has 19 heavy (non-hydrogen) atoms. The fourth-order valence-corrected chi connectivity index (χ4v) is 1.62. The van der Waals surface area contributed by atoms with Gasteiger partial charge >= 0.3 is 5.97 Å². The van der Waals surface area contributed by atoms with Crippen LogP contribution >= 0.6 is 0 Å². The molecule has 7 nitrogen and oxygen atoms in total. The van der Waals surface area contributed by atoms with Crippen LogP contribution in [0.1, 0.15) is 22.1 Å². The first kappa shape index (κ1) is 12.9. The molecule has 100 valence electrons. The van der Waals surface area contributed by atoms with Gasteiger partial charge in [-0.05, 0) is 19.1 Å². The van der Waals surface area contributed by atoms with Crippen molar-refractivity contribution in [2.75, 3.05) is 18.2 Å². The third-order valence-corrected chi connectivity index (χ3v) is 2.49. The summed E-state index contributed by atoms with van der Waals surface area (Å²) < 4.78 is 9.67. The lowest BCUT2D eigenvalue weighted by molar-refractivity contribution is 0.0602. The smallest absolute Gasteiger partial charge is 0.340 e. The van der Waals surface area contributed by atoms with E-state index >= 15 is 0 Å². The van der Waals surface area contributed by atoms with E-state index in [1.807, 2.05) is 0 Å². The molecule has 0 fully saturated rings. The van der Waals surface area contributed by atoms with E-state index in [0.717, 1.165) is 0 Å². The molecule has 0 unspecified atom stereocenters. The number of carbonyl (C=O) groups is 1. The second-order valence-corrected chi connectivity index (χ2v) is 3.85. The molecule has 0 aliphatic heterocycles. The number of nitrogen functional groups attached to an aromatic ring is 1. The van der Waals surface area contributed by atoms with Crippen molar-refractivity contribution in [3.63, 3.8) is 0 Å². The summed E-state index contributed by atoms with van der Waals surface area (Å²) >= 11 is 0.